The summed E-state index contributed by atoms with van der Waals surface area (Å²) in [5.41, 5.74) is 1.61. The molecule has 2 N–H and O–H groups in total. The molecule has 0 atom stereocenters. The lowest BCUT2D eigenvalue weighted by molar-refractivity contribution is 0.571. The Labute approximate surface area is 162 Å². The zero-order valence-corrected chi connectivity index (χ0v) is 16.1. The van der Waals surface area contributed by atoms with Crippen LogP contribution in [0.2, 0.25) is 0 Å². The fraction of sp³-hybridized carbons (Fsp3) is 0.300. The van der Waals surface area contributed by atoms with E-state index in [9.17, 15) is 4.39 Å². The van der Waals surface area contributed by atoms with E-state index in [4.69, 9.17) is 4.42 Å². The van der Waals surface area contributed by atoms with Gasteiger partial charge >= 0.3 is 0 Å². The fourth-order valence-electron chi connectivity index (χ4n) is 2.53. The van der Waals surface area contributed by atoms with E-state index >= 15 is 0 Å². The van der Waals surface area contributed by atoms with E-state index in [0.29, 0.717) is 18.9 Å². The number of aromatic nitrogens is 1. The zero-order chi connectivity index (χ0) is 18.9. The van der Waals surface area contributed by atoms with Gasteiger partial charge in [-0.25, -0.2) is 9.37 Å². The lowest BCUT2D eigenvalue weighted by atomic mass is 10.2. The minimum absolute atomic E-state index is 0.274. The van der Waals surface area contributed by atoms with Crippen LogP contribution in [0.1, 0.15) is 17.5 Å². The molecule has 142 valence electrons. The van der Waals surface area contributed by atoms with Gasteiger partial charge in [-0.15, -0.1) is 11.3 Å². The van der Waals surface area contributed by atoms with Crippen LogP contribution in [-0.2, 0) is 12.8 Å². The first-order chi connectivity index (χ1) is 13.2. The van der Waals surface area contributed by atoms with Crippen LogP contribution >= 0.6 is 11.3 Å². The Morgan fingerprint density at radius 3 is 2.78 bits per heavy atom. The molecule has 5 nitrogen and oxygen atoms in total. The highest BCUT2D eigenvalue weighted by Crippen LogP contribution is 2.19. The van der Waals surface area contributed by atoms with Crippen molar-refractivity contribution >= 4 is 17.3 Å². The lowest BCUT2D eigenvalue weighted by Gasteiger charge is -2.10. The van der Waals surface area contributed by atoms with E-state index < -0.39 is 0 Å². The van der Waals surface area contributed by atoms with Gasteiger partial charge < -0.3 is 15.1 Å². The molecular formula is C20H23FN4OS. The lowest BCUT2D eigenvalue weighted by Crippen LogP contribution is -2.38. The highest BCUT2D eigenvalue weighted by atomic mass is 32.1. The van der Waals surface area contributed by atoms with Gasteiger partial charge in [0.25, 0.3) is 0 Å². The van der Waals surface area contributed by atoms with Gasteiger partial charge in [-0.2, -0.15) is 0 Å². The summed E-state index contributed by atoms with van der Waals surface area (Å²) >= 11 is 1.75. The first kappa shape index (κ1) is 19.1. The molecule has 3 rings (SSSR count). The molecule has 3 aromatic rings. The molecule has 0 spiro atoms. The van der Waals surface area contributed by atoms with Crippen LogP contribution in [0.3, 0.4) is 0 Å². The van der Waals surface area contributed by atoms with Crippen LogP contribution in [0.25, 0.3) is 11.5 Å². The third-order valence-electron chi connectivity index (χ3n) is 3.87. The fourth-order valence-corrected chi connectivity index (χ4v) is 3.23. The zero-order valence-electron chi connectivity index (χ0n) is 15.2. The van der Waals surface area contributed by atoms with Crippen molar-refractivity contribution in [1.82, 2.24) is 15.6 Å². The molecule has 0 fully saturated rings. The number of guanidine groups is 1. The number of halogens is 1. The summed E-state index contributed by atoms with van der Waals surface area (Å²) in [6.45, 7) is 4.29. The van der Waals surface area contributed by atoms with Crippen molar-refractivity contribution in [2.45, 2.75) is 19.8 Å². The maximum atomic E-state index is 13.0. The van der Waals surface area contributed by atoms with E-state index in [1.54, 1.807) is 29.7 Å². The van der Waals surface area contributed by atoms with Crippen LogP contribution in [0.5, 0.6) is 0 Å². The van der Waals surface area contributed by atoms with Gasteiger partial charge in [0.2, 0.25) is 5.89 Å². The second-order valence-electron chi connectivity index (χ2n) is 5.92. The second kappa shape index (κ2) is 9.87. The van der Waals surface area contributed by atoms with Gasteiger partial charge in [0, 0.05) is 42.9 Å². The average Bonchev–Trinajstić information content (AvgIpc) is 3.34. The Kier molecular flexibility index (Phi) is 6.98. The second-order valence-corrected chi connectivity index (χ2v) is 6.95. The van der Waals surface area contributed by atoms with Gasteiger partial charge in [-0.1, -0.05) is 6.07 Å². The molecule has 0 aliphatic heterocycles. The number of benzene rings is 1. The van der Waals surface area contributed by atoms with Gasteiger partial charge in [-0.05, 0) is 42.6 Å². The van der Waals surface area contributed by atoms with E-state index in [0.717, 1.165) is 36.7 Å². The molecule has 0 amide bonds. The third-order valence-corrected chi connectivity index (χ3v) is 4.81. The Morgan fingerprint density at radius 1 is 1.19 bits per heavy atom. The Bertz CT molecular complexity index is 843. The van der Waals surface area contributed by atoms with E-state index in [1.165, 1.54) is 17.0 Å². The highest BCUT2D eigenvalue weighted by Gasteiger charge is 2.07. The van der Waals surface area contributed by atoms with Crippen molar-refractivity contribution in [3.8, 4) is 11.5 Å². The molecule has 2 heterocycles. The van der Waals surface area contributed by atoms with Gasteiger partial charge in [0.05, 0.1) is 5.69 Å². The summed E-state index contributed by atoms with van der Waals surface area (Å²) < 4.78 is 18.5. The number of aliphatic imine (C=N–C) groups is 1. The number of hydrogen-bond donors (Lipinski definition) is 2. The quantitative estimate of drug-likeness (QED) is 0.456. The third kappa shape index (κ3) is 5.92. The normalized spacial score (nSPS) is 11.6. The SMILES string of the molecule is CCNC(=NCCc1cccs1)NCCc1coc(-c2ccc(F)cc2)n1. The highest BCUT2D eigenvalue weighted by molar-refractivity contribution is 7.09. The molecule has 2 aromatic heterocycles. The van der Waals surface area contributed by atoms with Gasteiger partial charge in [0.15, 0.2) is 5.96 Å². The number of nitrogens with zero attached hydrogens (tertiary/aromatic N) is 2. The monoisotopic (exact) mass is 386 g/mol. The number of rotatable bonds is 8. The van der Waals surface area contributed by atoms with Gasteiger partial charge in [-0.3, -0.25) is 4.99 Å². The summed E-state index contributed by atoms with van der Waals surface area (Å²) in [6.07, 6.45) is 3.29. The van der Waals surface area contributed by atoms with Crippen molar-refractivity contribution < 1.29 is 8.81 Å². The van der Waals surface area contributed by atoms with E-state index in [1.807, 2.05) is 6.92 Å². The minimum atomic E-state index is -0.274. The van der Waals surface area contributed by atoms with Crippen molar-refractivity contribution in [2.75, 3.05) is 19.6 Å². The summed E-state index contributed by atoms with van der Waals surface area (Å²) in [6, 6.07) is 10.3. The van der Waals surface area contributed by atoms with Crippen LogP contribution in [0, 0.1) is 5.82 Å². The van der Waals surface area contributed by atoms with Crippen molar-refractivity contribution in [3.05, 3.63) is 64.4 Å². The Balaban J connectivity index is 1.48. The van der Waals surface area contributed by atoms with Crippen molar-refractivity contribution in [2.24, 2.45) is 4.99 Å². The molecule has 1 aromatic carbocycles. The molecule has 0 saturated heterocycles. The van der Waals surface area contributed by atoms with Crippen LogP contribution in [0.15, 0.2) is 57.5 Å². The standard InChI is InChI=1S/C20H23FN4OS/c1-2-22-20(24-12-10-18-4-3-13-27-18)23-11-9-17-14-26-19(25-17)15-5-7-16(21)8-6-15/h3-8,13-14H,2,9-12H2,1H3,(H2,22,23,24). The number of oxazole rings is 1. The Morgan fingerprint density at radius 2 is 2.04 bits per heavy atom. The first-order valence-electron chi connectivity index (χ1n) is 8.99. The maximum Gasteiger partial charge on any atom is 0.226 e. The van der Waals surface area contributed by atoms with E-state index in [-0.39, 0.29) is 5.82 Å². The van der Waals surface area contributed by atoms with Crippen LogP contribution in [-0.4, -0.2) is 30.6 Å². The summed E-state index contributed by atoms with van der Waals surface area (Å²) in [7, 11) is 0. The largest absolute Gasteiger partial charge is 0.444 e. The summed E-state index contributed by atoms with van der Waals surface area (Å²) in [5, 5.41) is 8.65. The molecule has 0 bridgehead atoms. The number of nitrogens with one attached hydrogen (secondary N) is 2. The average molecular weight is 386 g/mol. The predicted octanol–water partition coefficient (Wildman–Crippen LogP) is 3.88. The molecule has 0 radical (unpaired) electrons. The smallest absolute Gasteiger partial charge is 0.226 e. The summed E-state index contributed by atoms with van der Waals surface area (Å²) in [5.74, 6) is 1.03. The molecule has 0 aliphatic rings. The predicted molar refractivity (Wildman–Crippen MR) is 108 cm³/mol. The number of thiophene rings is 1. The number of hydrogen-bond acceptors (Lipinski definition) is 4. The first-order valence-corrected chi connectivity index (χ1v) is 9.87. The molecule has 27 heavy (non-hydrogen) atoms. The minimum Gasteiger partial charge on any atom is -0.444 e. The Hall–Kier alpha value is -2.67. The van der Waals surface area contributed by atoms with Crippen LogP contribution in [0.4, 0.5) is 4.39 Å². The summed E-state index contributed by atoms with van der Waals surface area (Å²) in [4.78, 5) is 10.4. The molecule has 0 aliphatic carbocycles. The molecule has 7 heteroatoms. The molecule has 0 saturated carbocycles. The maximum absolute atomic E-state index is 13.0. The molecular weight excluding hydrogens is 363 g/mol. The van der Waals surface area contributed by atoms with Crippen LogP contribution < -0.4 is 10.6 Å². The van der Waals surface area contributed by atoms with Crippen molar-refractivity contribution in [3.63, 3.8) is 0 Å². The molecule has 0 unspecified atom stereocenters. The van der Waals surface area contributed by atoms with Gasteiger partial charge in [0.1, 0.15) is 12.1 Å². The van der Waals surface area contributed by atoms with E-state index in [2.05, 4.69) is 38.1 Å². The topological polar surface area (TPSA) is 62.5 Å². The van der Waals surface area contributed by atoms with Crippen molar-refractivity contribution in [1.29, 1.82) is 0 Å².